The average molecular weight is 609 g/mol. The van der Waals surface area contributed by atoms with Crippen LogP contribution in [0.15, 0.2) is 71.6 Å². The van der Waals surface area contributed by atoms with E-state index in [0.717, 1.165) is 34.1 Å². The first-order valence-electron chi connectivity index (χ1n) is 12.8. The Labute approximate surface area is 244 Å². The molecule has 0 unspecified atom stereocenters. The van der Waals surface area contributed by atoms with Gasteiger partial charge >= 0.3 is 0 Å². The Hall–Kier alpha value is -3.14. The van der Waals surface area contributed by atoms with Crippen LogP contribution in [0.2, 0.25) is 10.0 Å². The molecule has 0 bridgehead atoms. The van der Waals surface area contributed by atoms with Gasteiger partial charge in [0.1, 0.15) is 18.4 Å². The topological polar surface area (TPSA) is 86.8 Å². The molecule has 0 fully saturated rings. The Morgan fingerprint density at radius 3 is 2.17 bits per heavy atom. The summed E-state index contributed by atoms with van der Waals surface area (Å²) in [7, 11) is -4.28. The zero-order valence-corrected chi connectivity index (χ0v) is 24.9. The standard InChI is InChI=1S/C29H32Cl2FN3O4S/c1-4-16-33-29(37)27(5-2)34(18-21-8-15-25(30)26(31)17-21)28(36)19-35(23-11-6-20(3)7-12-23)40(38,39)24-13-9-22(32)10-14-24/h6-15,17,27H,4-5,16,18-19H2,1-3H3,(H,33,37)/t27-/m1/s1. The number of anilines is 1. The van der Waals surface area contributed by atoms with Gasteiger partial charge in [-0.2, -0.15) is 0 Å². The molecule has 0 aromatic heterocycles. The summed E-state index contributed by atoms with van der Waals surface area (Å²) in [5.74, 6) is -1.54. The van der Waals surface area contributed by atoms with E-state index in [1.807, 2.05) is 13.8 Å². The Morgan fingerprint density at radius 1 is 0.950 bits per heavy atom. The number of hydrogen-bond donors (Lipinski definition) is 1. The highest BCUT2D eigenvalue weighted by Crippen LogP contribution is 2.27. The van der Waals surface area contributed by atoms with Crippen LogP contribution < -0.4 is 9.62 Å². The van der Waals surface area contributed by atoms with Crippen LogP contribution in [0.5, 0.6) is 0 Å². The molecule has 2 amide bonds. The number of nitrogens with zero attached hydrogens (tertiary/aromatic N) is 2. The van der Waals surface area contributed by atoms with Crippen LogP contribution in [-0.2, 0) is 26.2 Å². The van der Waals surface area contributed by atoms with Gasteiger partial charge in [-0.15, -0.1) is 0 Å². The average Bonchev–Trinajstić information content (AvgIpc) is 2.93. The van der Waals surface area contributed by atoms with Gasteiger partial charge < -0.3 is 10.2 Å². The van der Waals surface area contributed by atoms with Gasteiger partial charge in [0.05, 0.1) is 20.6 Å². The normalized spacial score (nSPS) is 12.1. The minimum absolute atomic E-state index is 0.00783. The second-order valence-corrected chi connectivity index (χ2v) is 12.0. The highest BCUT2D eigenvalue weighted by Gasteiger charge is 2.33. The first-order valence-corrected chi connectivity index (χ1v) is 15.0. The van der Waals surface area contributed by atoms with Gasteiger partial charge in [-0.25, -0.2) is 12.8 Å². The molecule has 1 N–H and O–H groups in total. The van der Waals surface area contributed by atoms with Crippen molar-refractivity contribution in [3.8, 4) is 0 Å². The van der Waals surface area contributed by atoms with Crippen LogP contribution >= 0.6 is 23.2 Å². The maximum absolute atomic E-state index is 14.0. The molecular weight excluding hydrogens is 576 g/mol. The van der Waals surface area contributed by atoms with E-state index in [0.29, 0.717) is 23.6 Å². The summed E-state index contributed by atoms with van der Waals surface area (Å²) in [6, 6.07) is 15.1. The second-order valence-electron chi connectivity index (χ2n) is 9.29. The van der Waals surface area contributed by atoms with E-state index >= 15 is 0 Å². The van der Waals surface area contributed by atoms with Crippen molar-refractivity contribution in [2.45, 2.75) is 51.1 Å². The Kier molecular flexibility index (Phi) is 11.0. The van der Waals surface area contributed by atoms with Crippen molar-refractivity contribution in [3.05, 3.63) is 93.7 Å². The molecule has 0 aliphatic rings. The SMILES string of the molecule is CCCNC(=O)[C@@H](CC)N(Cc1ccc(Cl)c(Cl)c1)C(=O)CN(c1ccc(C)cc1)S(=O)(=O)c1ccc(F)cc1. The predicted octanol–water partition coefficient (Wildman–Crippen LogP) is 5.97. The molecule has 3 rings (SSSR count). The number of halogens is 3. The minimum atomic E-state index is -4.28. The van der Waals surface area contributed by atoms with Crippen molar-refractivity contribution in [1.82, 2.24) is 10.2 Å². The van der Waals surface area contributed by atoms with Gasteiger partial charge in [0.25, 0.3) is 10.0 Å². The van der Waals surface area contributed by atoms with Crippen LogP contribution in [0.1, 0.15) is 37.8 Å². The molecule has 1 atom stereocenters. The molecule has 3 aromatic carbocycles. The Bertz CT molecular complexity index is 1430. The van der Waals surface area contributed by atoms with Crippen molar-refractivity contribution in [1.29, 1.82) is 0 Å². The molecule has 11 heteroatoms. The van der Waals surface area contributed by atoms with E-state index in [9.17, 15) is 22.4 Å². The van der Waals surface area contributed by atoms with Gasteiger partial charge in [0.2, 0.25) is 11.8 Å². The number of carbonyl (C=O) groups excluding carboxylic acids is 2. The number of benzene rings is 3. The predicted molar refractivity (Wildman–Crippen MR) is 157 cm³/mol. The smallest absolute Gasteiger partial charge is 0.264 e. The molecule has 0 aliphatic carbocycles. The van der Waals surface area contributed by atoms with Gasteiger partial charge in [-0.05, 0) is 73.9 Å². The molecule has 0 heterocycles. The number of amides is 2. The molecule has 7 nitrogen and oxygen atoms in total. The van der Waals surface area contributed by atoms with E-state index in [1.54, 1.807) is 49.4 Å². The van der Waals surface area contributed by atoms with Crippen LogP contribution in [0.3, 0.4) is 0 Å². The molecule has 40 heavy (non-hydrogen) atoms. The third kappa shape index (κ3) is 7.74. The second kappa shape index (κ2) is 14.0. The van der Waals surface area contributed by atoms with E-state index in [1.165, 1.54) is 4.90 Å². The monoisotopic (exact) mass is 607 g/mol. The minimum Gasteiger partial charge on any atom is -0.354 e. The van der Waals surface area contributed by atoms with Gasteiger partial charge in [-0.1, -0.05) is 60.8 Å². The lowest BCUT2D eigenvalue weighted by Crippen LogP contribution is -2.52. The number of hydrogen-bond acceptors (Lipinski definition) is 4. The van der Waals surface area contributed by atoms with Crippen LogP contribution in [0, 0.1) is 12.7 Å². The molecule has 0 spiro atoms. The third-order valence-corrected chi connectivity index (χ3v) is 8.80. The highest BCUT2D eigenvalue weighted by molar-refractivity contribution is 7.92. The summed E-state index contributed by atoms with van der Waals surface area (Å²) in [6.45, 7) is 5.37. The molecule has 214 valence electrons. The lowest BCUT2D eigenvalue weighted by Gasteiger charge is -2.33. The Balaban J connectivity index is 2.06. The number of rotatable bonds is 12. The van der Waals surface area contributed by atoms with Gasteiger partial charge in [0, 0.05) is 13.1 Å². The molecule has 3 aromatic rings. The summed E-state index contributed by atoms with van der Waals surface area (Å²) in [6.07, 6.45) is 0.998. The van der Waals surface area contributed by atoms with E-state index in [2.05, 4.69) is 5.32 Å². The van der Waals surface area contributed by atoms with Crippen molar-refractivity contribution in [3.63, 3.8) is 0 Å². The lowest BCUT2D eigenvalue weighted by molar-refractivity contribution is -0.140. The van der Waals surface area contributed by atoms with Crippen LogP contribution in [0.4, 0.5) is 10.1 Å². The van der Waals surface area contributed by atoms with Crippen molar-refractivity contribution in [2.24, 2.45) is 0 Å². The summed E-state index contributed by atoms with van der Waals surface area (Å²) >= 11 is 12.3. The van der Waals surface area contributed by atoms with E-state index < -0.39 is 34.3 Å². The van der Waals surface area contributed by atoms with Crippen molar-refractivity contribution in [2.75, 3.05) is 17.4 Å². The Morgan fingerprint density at radius 2 is 1.60 bits per heavy atom. The summed E-state index contributed by atoms with van der Waals surface area (Å²) in [5.41, 5.74) is 1.77. The zero-order chi connectivity index (χ0) is 29.4. The van der Waals surface area contributed by atoms with Gasteiger partial charge in [0.15, 0.2) is 0 Å². The van der Waals surface area contributed by atoms with Crippen molar-refractivity contribution >= 4 is 50.7 Å². The summed E-state index contributed by atoms with van der Waals surface area (Å²) in [4.78, 5) is 28.3. The zero-order valence-electron chi connectivity index (χ0n) is 22.5. The lowest BCUT2D eigenvalue weighted by atomic mass is 10.1. The van der Waals surface area contributed by atoms with E-state index in [-0.39, 0.29) is 34.5 Å². The molecule has 0 saturated carbocycles. The molecule has 0 saturated heterocycles. The number of sulfonamides is 1. The maximum Gasteiger partial charge on any atom is 0.264 e. The fourth-order valence-electron chi connectivity index (χ4n) is 4.09. The number of carbonyl (C=O) groups is 2. The fourth-order valence-corrected chi connectivity index (χ4v) is 5.83. The van der Waals surface area contributed by atoms with Crippen molar-refractivity contribution < 1.29 is 22.4 Å². The molecular formula is C29H32Cl2FN3O4S. The number of aryl methyl sites for hydroxylation is 1. The van der Waals surface area contributed by atoms with E-state index in [4.69, 9.17) is 23.2 Å². The fraction of sp³-hybridized carbons (Fsp3) is 0.310. The first-order chi connectivity index (χ1) is 19.0. The van der Waals surface area contributed by atoms with Gasteiger partial charge in [-0.3, -0.25) is 13.9 Å². The van der Waals surface area contributed by atoms with Crippen LogP contribution in [0.25, 0.3) is 0 Å². The highest BCUT2D eigenvalue weighted by atomic mass is 35.5. The van der Waals surface area contributed by atoms with Crippen LogP contribution in [-0.4, -0.2) is 44.3 Å². The number of nitrogens with one attached hydrogen (secondary N) is 1. The third-order valence-electron chi connectivity index (χ3n) is 6.27. The first kappa shape index (κ1) is 31.4. The molecule has 0 aliphatic heterocycles. The summed E-state index contributed by atoms with van der Waals surface area (Å²) < 4.78 is 42.1. The largest absolute Gasteiger partial charge is 0.354 e. The molecule has 0 radical (unpaired) electrons. The summed E-state index contributed by atoms with van der Waals surface area (Å²) in [5, 5.41) is 3.46. The maximum atomic E-state index is 14.0. The quantitative estimate of drug-likeness (QED) is 0.275.